The van der Waals surface area contributed by atoms with Crippen LogP contribution < -0.4 is 10.5 Å². The number of cyclic esters (lactones) is 1. The lowest BCUT2D eigenvalue weighted by Crippen LogP contribution is -2.44. The fourth-order valence-corrected chi connectivity index (χ4v) is 8.71. The molecular formula is C44H41N7O9. The van der Waals surface area contributed by atoms with Crippen molar-refractivity contribution < 1.29 is 39.9 Å². The lowest BCUT2D eigenvalue weighted by molar-refractivity contribution is -0.172. The number of esters is 1. The van der Waals surface area contributed by atoms with Gasteiger partial charge >= 0.3 is 18.1 Å². The Hall–Kier alpha value is -7.20. The number of phenols is 2. The first-order valence-corrected chi connectivity index (χ1v) is 19.7. The van der Waals surface area contributed by atoms with Crippen LogP contribution in [-0.4, -0.2) is 73.0 Å². The molecule has 1 unspecified atom stereocenters. The Morgan fingerprint density at radius 1 is 0.967 bits per heavy atom. The summed E-state index contributed by atoms with van der Waals surface area (Å²) in [7, 11) is 0. The number of aryl methyl sites for hydroxylation is 1. The Morgan fingerprint density at radius 3 is 2.50 bits per heavy atom. The lowest BCUT2D eigenvalue weighted by Gasteiger charge is -2.31. The van der Waals surface area contributed by atoms with Crippen molar-refractivity contribution in [1.29, 1.82) is 0 Å². The van der Waals surface area contributed by atoms with Crippen molar-refractivity contribution in [3.63, 3.8) is 0 Å². The molecule has 0 bridgehead atoms. The van der Waals surface area contributed by atoms with Crippen molar-refractivity contribution in [2.75, 3.05) is 11.4 Å². The highest BCUT2D eigenvalue weighted by atomic mass is 16.6. The summed E-state index contributed by atoms with van der Waals surface area (Å²) in [4.78, 5) is 45.4. The van der Waals surface area contributed by atoms with Gasteiger partial charge < -0.3 is 39.4 Å². The van der Waals surface area contributed by atoms with Crippen molar-refractivity contribution in [1.82, 2.24) is 28.9 Å². The molecule has 9 rings (SSSR count). The summed E-state index contributed by atoms with van der Waals surface area (Å²) in [6.07, 6.45) is 1.32. The average Bonchev–Trinajstić information content (AvgIpc) is 3.93. The Labute approximate surface area is 341 Å². The van der Waals surface area contributed by atoms with Crippen LogP contribution in [0.15, 0.2) is 71.7 Å². The monoisotopic (exact) mass is 811 g/mol. The summed E-state index contributed by atoms with van der Waals surface area (Å²) < 4.78 is 10.1. The number of fused-ring (bicyclic) bond motifs is 6. The van der Waals surface area contributed by atoms with Crippen molar-refractivity contribution >= 4 is 39.6 Å². The van der Waals surface area contributed by atoms with Crippen LogP contribution in [0.1, 0.15) is 67.9 Å². The largest absolute Gasteiger partial charge is 0.508 e. The molecule has 0 radical (unpaired) electrons. The fourth-order valence-electron chi connectivity index (χ4n) is 8.71. The maximum Gasteiger partial charge on any atom is 0.411 e. The number of phenolic OH excluding ortho intramolecular Hbond substituents is 2. The molecule has 60 heavy (non-hydrogen) atoms. The minimum absolute atomic E-state index is 0.0375. The molecule has 0 saturated carbocycles. The number of aliphatic hydroxyl groups is 1. The smallest absolute Gasteiger partial charge is 0.411 e. The molecule has 5 N–H and O–H groups in total. The van der Waals surface area contributed by atoms with E-state index < -0.39 is 23.7 Å². The molecule has 16 heteroatoms. The summed E-state index contributed by atoms with van der Waals surface area (Å²) in [5.74, 6) is -0.931. The zero-order chi connectivity index (χ0) is 42.4. The number of hydrogen-bond acceptors (Lipinski definition) is 11. The molecule has 6 heterocycles. The molecular weight excluding hydrogens is 771 g/mol. The highest BCUT2D eigenvalue weighted by Gasteiger charge is 2.45. The summed E-state index contributed by atoms with van der Waals surface area (Å²) in [5, 5.41) is 63.2. The molecule has 0 saturated heterocycles. The van der Waals surface area contributed by atoms with Crippen LogP contribution in [0, 0.1) is 0 Å². The maximum absolute atomic E-state index is 13.8. The molecule has 4 aromatic heterocycles. The van der Waals surface area contributed by atoms with Crippen LogP contribution in [-0.2, 0) is 41.2 Å². The second kappa shape index (κ2) is 14.0. The lowest BCUT2D eigenvalue weighted by atomic mass is 9.86. The number of hydrogen-bond donors (Lipinski definition) is 5. The van der Waals surface area contributed by atoms with Crippen LogP contribution in [0.25, 0.3) is 50.3 Å². The molecule has 0 aliphatic carbocycles. The van der Waals surface area contributed by atoms with Gasteiger partial charge in [0.2, 0.25) is 0 Å². The second-order valence-corrected chi connectivity index (χ2v) is 15.5. The predicted octanol–water partition coefficient (Wildman–Crippen LogP) is 6.27. The number of benzene rings is 3. The highest BCUT2D eigenvalue weighted by Crippen LogP contribution is 2.42. The van der Waals surface area contributed by atoms with Crippen LogP contribution in [0.5, 0.6) is 17.5 Å². The van der Waals surface area contributed by atoms with Gasteiger partial charge in [0.05, 0.1) is 40.3 Å². The van der Waals surface area contributed by atoms with E-state index in [4.69, 9.17) is 9.72 Å². The zero-order valence-electron chi connectivity index (χ0n) is 33.2. The Balaban J connectivity index is 1.01. The van der Waals surface area contributed by atoms with Gasteiger partial charge in [0, 0.05) is 58.5 Å². The first-order valence-electron chi connectivity index (χ1n) is 19.7. The van der Waals surface area contributed by atoms with Crippen LogP contribution in [0.3, 0.4) is 0 Å². The van der Waals surface area contributed by atoms with Gasteiger partial charge in [-0.05, 0) is 84.5 Å². The molecule has 2 aliphatic heterocycles. The van der Waals surface area contributed by atoms with E-state index >= 15 is 0 Å². The minimum atomic E-state index is -1.94. The van der Waals surface area contributed by atoms with E-state index in [1.54, 1.807) is 41.8 Å². The van der Waals surface area contributed by atoms with Gasteiger partial charge in [-0.3, -0.25) is 9.69 Å². The van der Waals surface area contributed by atoms with Crippen molar-refractivity contribution in [3.8, 4) is 46.0 Å². The second-order valence-electron chi connectivity index (χ2n) is 15.5. The Kier molecular flexibility index (Phi) is 8.93. The third kappa shape index (κ3) is 5.77. The number of carbonyl (C=O) groups excluding carboxylic acids is 1. The number of rotatable bonds is 9. The number of carboxylic acid groups (broad SMARTS) is 1. The normalized spacial score (nSPS) is 15.7. The van der Waals surface area contributed by atoms with E-state index in [0.29, 0.717) is 46.8 Å². The average molecular weight is 812 g/mol. The third-order valence-corrected chi connectivity index (χ3v) is 11.9. The van der Waals surface area contributed by atoms with Gasteiger partial charge in [-0.1, -0.05) is 32.8 Å². The van der Waals surface area contributed by atoms with Gasteiger partial charge in [0.15, 0.2) is 11.4 Å². The van der Waals surface area contributed by atoms with E-state index in [2.05, 4.69) is 10.2 Å². The number of ether oxygens (including phenoxy) is 1. The molecule has 2 aliphatic rings. The SMILES string of the molecule is CCc1c2c(nc3ccc(N(CCn4ccc5cc(-n6c(O)nnc6-c6cc(C(C)C)c(O)cc6O)ccc54)C(=O)O)cc13)-c1cc3c(c(=O)n1C2)COC(=O)C3(O)CC. The van der Waals surface area contributed by atoms with E-state index in [0.717, 1.165) is 27.4 Å². The van der Waals surface area contributed by atoms with Crippen molar-refractivity contribution in [2.45, 2.75) is 71.8 Å². The standard InChI is InChI=1S/C44H41N7O9/c1-5-26-28-16-24(7-9-33(28)45-38-30(26)20-50-35(38)18-32-31(40(50)54)21-60-41(55)44(32,59)6-2)49(43(57)58)14-13-48-12-11-23-15-25(8-10-34(23)48)51-39(46-47-42(51)56)29-17-27(22(3)4)36(52)19-37(29)53/h7-12,15-19,22,52-53,59H,5-6,13-14,20-21H2,1-4H3,(H,47,56)(H,57,58). The van der Waals surface area contributed by atoms with E-state index in [1.807, 2.05) is 55.8 Å². The van der Waals surface area contributed by atoms with E-state index in [9.17, 15) is 39.9 Å². The van der Waals surface area contributed by atoms with E-state index in [-0.39, 0.29) is 71.6 Å². The summed E-state index contributed by atoms with van der Waals surface area (Å²) in [6, 6.07) is 16.8. The molecule has 0 spiro atoms. The molecule has 16 nitrogen and oxygen atoms in total. The van der Waals surface area contributed by atoms with Crippen LogP contribution in [0.2, 0.25) is 0 Å². The number of aromatic hydroxyl groups is 3. The first-order chi connectivity index (χ1) is 28.7. The topological polar surface area (TPSA) is 218 Å². The number of anilines is 1. The molecule has 3 aromatic carbocycles. The first kappa shape index (κ1) is 38.3. The van der Waals surface area contributed by atoms with Crippen molar-refractivity contribution in [2.24, 2.45) is 0 Å². The number of pyridine rings is 2. The minimum Gasteiger partial charge on any atom is -0.508 e. The number of aromatic nitrogens is 6. The van der Waals surface area contributed by atoms with Gasteiger partial charge in [-0.2, -0.15) is 0 Å². The Bertz CT molecular complexity index is 3020. The quantitative estimate of drug-likeness (QED) is 0.102. The van der Waals surface area contributed by atoms with Crippen LogP contribution >= 0.6 is 0 Å². The van der Waals surface area contributed by atoms with Gasteiger partial charge in [0.1, 0.15) is 18.1 Å². The highest BCUT2D eigenvalue weighted by molar-refractivity contribution is 5.95. The summed E-state index contributed by atoms with van der Waals surface area (Å²) in [5.41, 5.74) is 4.28. The van der Waals surface area contributed by atoms with E-state index in [1.165, 1.54) is 15.5 Å². The van der Waals surface area contributed by atoms with Crippen LogP contribution in [0.4, 0.5) is 10.5 Å². The van der Waals surface area contributed by atoms with Crippen molar-refractivity contribution in [3.05, 3.63) is 105 Å². The third-order valence-electron chi connectivity index (χ3n) is 11.9. The van der Waals surface area contributed by atoms with Gasteiger partial charge in [0.25, 0.3) is 5.56 Å². The molecule has 306 valence electrons. The molecule has 7 aromatic rings. The Morgan fingerprint density at radius 2 is 1.77 bits per heavy atom. The van der Waals surface area contributed by atoms with Gasteiger partial charge in [-0.25, -0.2) is 19.1 Å². The maximum atomic E-state index is 13.8. The summed E-state index contributed by atoms with van der Waals surface area (Å²) >= 11 is 0. The zero-order valence-corrected chi connectivity index (χ0v) is 33.2. The van der Waals surface area contributed by atoms with Gasteiger partial charge in [-0.15, -0.1) is 5.10 Å². The number of amides is 1. The summed E-state index contributed by atoms with van der Waals surface area (Å²) in [6.45, 7) is 7.88. The molecule has 0 fully saturated rings. The molecule has 1 amide bonds. The molecule has 1 atom stereocenters. The number of carbonyl (C=O) groups is 2. The fraction of sp³-hybridized carbons (Fsp3) is 0.273. The number of nitrogens with zero attached hydrogens (tertiary/aromatic N) is 7. The predicted molar refractivity (Wildman–Crippen MR) is 221 cm³/mol.